The summed E-state index contributed by atoms with van der Waals surface area (Å²) in [4.78, 5) is 9.15. The molecule has 0 fully saturated rings. The van der Waals surface area contributed by atoms with E-state index in [-0.39, 0.29) is 0 Å². The number of aryl methyl sites for hydroxylation is 2. The molecule has 132 valence electrons. The summed E-state index contributed by atoms with van der Waals surface area (Å²) < 4.78 is 7.25. The Morgan fingerprint density at radius 3 is 2.76 bits per heavy atom. The van der Waals surface area contributed by atoms with Crippen molar-refractivity contribution in [3.63, 3.8) is 0 Å². The van der Waals surface area contributed by atoms with E-state index in [2.05, 4.69) is 34.2 Å². The van der Waals surface area contributed by atoms with Crippen LogP contribution in [-0.4, -0.2) is 26.7 Å². The first-order chi connectivity index (χ1) is 12.0. The van der Waals surface area contributed by atoms with Gasteiger partial charge in [0.25, 0.3) is 0 Å². The maximum Gasteiger partial charge on any atom is 0.232 e. The summed E-state index contributed by atoms with van der Waals surface area (Å²) in [5, 5.41) is 7.86. The zero-order chi connectivity index (χ0) is 18.0. The molecule has 6 nitrogen and oxygen atoms in total. The number of nitrogens with zero attached hydrogens (tertiary/aromatic N) is 4. The Labute approximate surface area is 148 Å². The van der Waals surface area contributed by atoms with Gasteiger partial charge in [-0.1, -0.05) is 26.3 Å². The third kappa shape index (κ3) is 3.43. The van der Waals surface area contributed by atoms with Gasteiger partial charge >= 0.3 is 0 Å². The molecule has 3 aromatic rings. The maximum atomic E-state index is 5.48. The first-order valence-electron chi connectivity index (χ1n) is 8.67. The van der Waals surface area contributed by atoms with Crippen molar-refractivity contribution in [2.75, 3.05) is 12.4 Å². The van der Waals surface area contributed by atoms with Crippen LogP contribution < -0.4 is 10.1 Å². The lowest BCUT2D eigenvalue weighted by molar-refractivity contribution is 0.416. The molecular weight excluding hydrogens is 314 g/mol. The minimum Gasteiger partial charge on any atom is -0.495 e. The van der Waals surface area contributed by atoms with Gasteiger partial charge in [-0.25, -0.2) is 4.98 Å². The fourth-order valence-corrected chi connectivity index (χ4v) is 3.04. The summed E-state index contributed by atoms with van der Waals surface area (Å²) in [5.74, 6) is 2.54. The van der Waals surface area contributed by atoms with Crippen LogP contribution in [0.1, 0.15) is 49.6 Å². The molecule has 2 heterocycles. The van der Waals surface area contributed by atoms with Crippen molar-refractivity contribution in [2.24, 2.45) is 0 Å². The number of ether oxygens (including phenoxy) is 1. The molecule has 0 spiro atoms. The van der Waals surface area contributed by atoms with Gasteiger partial charge in [0, 0.05) is 5.56 Å². The molecular formula is C19H25N5O. The predicted molar refractivity (Wildman–Crippen MR) is 99.9 cm³/mol. The topological polar surface area (TPSA) is 64.3 Å². The highest BCUT2D eigenvalue weighted by Crippen LogP contribution is 2.29. The molecule has 0 saturated heterocycles. The molecule has 1 unspecified atom stereocenters. The van der Waals surface area contributed by atoms with Gasteiger partial charge in [-0.05, 0) is 43.9 Å². The predicted octanol–water partition coefficient (Wildman–Crippen LogP) is 4.40. The van der Waals surface area contributed by atoms with Crippen molar-refractivity contribution < 1.29 is 4.74 Å². The Bertz CT molecular complexity index is 887. The van der Waals surface area contributed by atoms with E-state index >= 15 is 0 Å². The van der Waals surface area contributed by atoms with Crippen molar-refractivity contribution in [2.45, 2.75) is 46.5 Å². The van der Waals surface area contributed by atoms with Crippen molar-refractivity contribution >= 4 is 17.3 Å². The summed E-state index contributed by atoms with van der Waals surface area (Å²) in [5.41, 5.74) is 4.01. The lowest BCUT2D eigenvalue weighted by Gasteiger charge is -2.13. The van der Waals surface area contributed by atoms with E-state index in [1.54, 1.807) is 11.6 Å². The number of nitrogens with one attached hydrogen (secondary N) is 1. The van der Waals surface area contributed by atoms with Gasteiger partial charge in [0.1, 0.15) is 11.6 Å². The zero-order valence-corrected chi connectivity index (χ0v) is 15.5. The first-order valence-corrected chi connectivity index (χ1v) is 8.67. The summed E-state index contributed by atoms with van der Waals surface area (Å²) in [6.45, 7) is 8.35. The molecule has 2 aromatic heterocycles. The van der Waals surface area contributed by atoms with E-state index in [9.17, 15) is 0 Å². The van der Waals surface area contributed by atoms with Crippen LogP contribution in [0.3, 0.4) is 0 Å². The molecule has 0 radical (unpaired) electrons. The van der Waals surface area contributed by atoms with Crippen LogP contribution in [-0.2, 0) is 0 Å². The Morgan fingerprint density at radius 2 is 2.04 bits per heavy atom. The Balaban J connectivity index is 2.05. The molecule has 0 bridgehead atoms. The maximum absolute atomic E-state index is 5.48. The summed E-state index contributed by atoms with van der Waals surface area (Å²) >= 11 is 0. The highest BCUT2D eigenvalue weighted by atomic mass is 16.5. The van der Waals surface area contributed by atoms with Gasteiger partial charge in [-0.3, -0.25) is 0 Å². The smallest absolute Gasteiger partial charge is 0.232 e. The third-order valence-corrected chi connectivity index (χ3v) is 4.36. The fourth-order valence-electron chi connectivity index (χ4n) is 3.04. The molecule has 0 amide bonds. The van der Waals surface area contributed by atoms with E-state index in [0.717, 1.165) is 41.1 Å². The lowest BCUT2D eigenvalue weighted by atomic mass is 9.99. The van der Waals surface area contributed by atoms with Crippen LogP contribution in [0.2, 0.25) is 0 Å². The molecule has 0 aliphatic heterocycles. The Hall–Kier alpha value is -2.63. The van der Waals surface area contributed by atoms with Crippen molar-refractivity contribution in [3.8, 4) is 5.75 Å². The van der Waals surface area contributed by atoms with Crippen molar-refractivity contribution in [1.82, 2.24) is 19.6 Å². The van der Waals surface area contributed by atoms with Gasteiger partial charge in [0.05, 0.1) is 19.0 Å². The van der Waals surface area contributed by atoms with Crippen LogP contribution in [0.4, 0.5) is 11.6 Å². The highest BCUT2D eigenvalue weighted by Gasteiger charge is 2.17. The second-order valence-corrected chi connectivity index (χ2v) is 6.45. The quantitative estimate of drug-likeness (QED) is 0.721. The van der Waals surface area contributed by atoms with Gasteiger partial charge in [-0.15, -0.1) is 0 Å². The van der Waals surface area contributed by atoms with Crippen LogP contribution in [0.5, 0.6) is 5.75 Å². The van der Waals surface area contributed by atoms with E-state index < -0.39 is 0 Å². The average Bonchev–Trinajstić information content (AvgIpc) is 3.00. The molecule has 3 rings (SSSR count). The average molecular weight is 339 g/mol. The largest absolute Gasteiger partial charge is 0.495 e. The molecule has 0 aliphatic rings. The number of fused-ring (bicyclic) bond motifs is 1. The lowest BCUT2D eigenvalue weighted by Crippen LogP contribution is -2.07. The highest BCUT2D eigenvalue weighted by molar-refractivity contribution is 5.65. The Kier molecular flexibility index (Phi) is 4.88. The van der Waals surface area contributed by atoms with Crippen molar-refractivity contribution in [1.29, 1.82) is 0 Å². The van der Waals surface area contributed by atoms with Crippen molar-refractivity contribution in [3.05, 3.63) is 41.3 Å². The van der Waals surface area contributed by atoms with E-state index in [4.69, 9.17) is 4.74 Å². The number of methoxy groups -OCH3 is 1. The van der Waals surface area contributed by atoms with Gasteiger partial charge in [0.2, 0.25) is 5.95 Å². The van der Waals surface area contributed by atoms with E-state index in [1.807, 2.05) is 38.2 Å². The molecule has 1 atom stereocenters. The minimum atomic E-state index is 0.415. The molecule has 0 aliphatic carbocycles. The van der Waals surface area contributed by atoms with Crippen LogP contribution in [0.25, 0.3) is 5.65 Å². The molecule has 0 saturated carbocycles. The monoisotopic (exact) mass is 339 g/mol. The standard InChI is InChI=1S/C19H25N5O/c1-6-7-13(3)15-11-20-24-18(15)21-14(4)22-19(24)23-16-9-8-12(2)10-17(16)25-5/h8-11,13H,6-7H2,1-5H3,(H,21,22,23). The number of benzene rings is 1. The summed E-state index contributed by atoms with van der Waals surface area (Å²) in [6.07, 6.45) is 4.15. The second-order valence-electron chi connectivity index (χ2n) is 6.45. The zero-order valence-electron chi connectivity index (χ0n) is 15.5. The van der Waals surface area contributed by atoms with Crippen LogP contribution >= 0.6 is 0 Å². The van der Waals surface area contributed by atoms with Gasteiger partial charge in [0.15, 0.2) is 5.65 Å². The van der Waals surface area contributed by atoms with E-state index in [0.29, 0.717) is 17.7 Å². The van der Waals surface area contributed by atoms with Crippen LogP contribution in [0.15, 0.2) is 24.4 Å². The number of hydrogen-bond acceptors (Lipinski definition) is 5. The number of aromatic nitrogens is 4. The number of rotatable bonds is 6. The van der Waals surface area contributed by atoms with Crippen LogP contribution in [0, 0.1) is 13.8 Å². The third-order valence-electron chi connectivity index (χ3n) is 4.36. The van der Waals surface area contributed by atoms with E-state index in [1.165, 1.54) is 0 Å². The second kappa shape index (κ2) is 7.09. The molecule has 25 heavy (non-hydrogen) atoms. The molecule has 1 aromatic carbocycles. The number of anilines is 2. The normalized spacial score (nSPS) is 12.4. The van der Waals surface area contributed by atoms with Gasteiger partial charge in [-0.2, -0.15) is 14.6 Å². The molecule has 1 N–H and O–H groups in total. The van der Waals surface area contributed by atoms with Gasteiger partial charge < -0.3 is 10.1 Å². The summed E-state index contributed by atoms with van der Waals surface area (Å²) in [7, 11) is 1.67. The fraction of sp³-hybridized carbons (Fsp3) is 0.421. The Morgan fingerprint density at radius 1 is 1.24 bits per heavy atom. The molecule has 6 heteroatoms. The number of hydrogen-bond donors (Lipinski definition) is 1. The first kappa shape index (κ1) is 17.2. The minimum absolute atomic E-state index is 0.415. The SMILES string of the molecule is CCCC(C)c1cnn2c(Nc3ccc(C)cc3OC)nc(C)nc12. The summed E-state index contributed by atoms with van der Waals surface area (Å²) in [6, 6.07) is 6.01.